The van der Waals surface area contributed by atoms with Crippen molar-refractivity contribution in [1.29, 1.82) is 0 Å². The summed E-state index contributed by atoms with van der Waals surface area (Å²) in [5.41, 5.74) is 1.41. The number of aromatic hydroxyl groups is 1. The van der Waals surface area contributed by atoms with E-state index in [0.29, 0.717) is 5.56 Å². The molecule has 13 heavy (non-hydrogen) atoms. The number of rotatable bonds is 0. The molecule has 0 aliphatic carbocycles. The van der Waals surface area contributed by atoms with E-state index in [1.807, 2.05) is 26.8 Å². The van der Waals surface area contributed by atoms with Crippen LogP contribution in [0.1, 0.15) is 31.9 Å². The fourth-order valence-electron chi connectivity index (χ4n) is 1.17. The van der Waals surface area contributed by atoms with Crippen molar-refractivity contribution in [2.24, 2.45) is 0 Å². The van der Waals surface area contributed by atoms with Gasteiger partial charge in [0.2, 0.25) is 0 Å². The summed E-state index contributed by atoms with van der Waals surface area (Å²) in [6, 6.07) is 3.21. The minimum absolute atomic E-state index is 0.0840. The second kappa shape index (κ2) is 3.02. The molecule has 0 aliphatic heterocycles. The molecule has 1 N–H and O–H groups in total. The highest BCUT2D eigenvalue weighted by molar-refractivity contribution is 5.39. The number of hydrogen-bond donors (Lipinski definition) is 1. The maximum atomic E-state index is 13.1. The summed E-state index contributed by atoms with van der Waals surface area (Å²) in [5.74, 6) is -0.780. The van der Waals surface area contributed by atoms with Gasteiger partial charge in [-0.25, -0.2) is 4.39 Å². The first-order valence-electron chi connectivity index (χ1n) is 4.32. The number of halogens is 1. The molecule has 0 unspecified atom stereocenters. The first-order valence-corrected chi connectivity index (χ1v) is 4.32. The Bertz CT molecular complexity index is 300. The molecule has 0 bridgehead atoms. The summed E-state index contributed by atoms with van der Waals surface area (Å²) < 4.78 is 13.1. The molecule has 0 saturated carbocycles. The molecule has 0 atom stereocenters. The lowest BCUT2D eigenvalue weighted by Crippen LogP contribution is -2.11. The minimum Gasteiger partial charge on any atom is -0.505 e. The predicted molar refractivity (Wildman–Crippen MR) is 51.5 cm³/mol. The van der Waals surface area contributed by atoms with Crippen molar-refractivity contribution in [2.45, 2.75) is 33.1 Å². The van der Waals surface area contributed by atoms with Crippen LogP contribution in [-0.4, -0.2) is 5.11 Å². The molecule has 1 rings (SSSR count). The van der Waals surface area contributed by atoms with Crippen LogP contribution in [0.2, 0.25) is 0 Å². The number of hydrogen-bond acceptors (Lipinski definition) is 1. The minimum atomic E-state index is -0.537. The van der Waals surface area contributed by atoms with Crippen LogP contribution in [-0.2, 0) is 5.41 Å². The van der Waals surface area contributed by atoms with Gasteiger partial charge in [0.1, 0.15) is 0 Å². The van der Waals surface area contributed by atoms with Gasteiger partial charge in [-0.1, -0.05) is 26.8 Å². The fraction of sp³-hybridized carbons (Fsp3) is 0.455. The van der Waals surface area contributed by atoms with Crippen LogP contribution in [0.15, 0.2) is 12.1 Å². The summed E-state index contributed by atoms with van der Waals surface area (Å²) >= 11 is 0. The van der Waals surface area contributed by atoms with Crippen molar-refractivity contribution in [3.8, 4) is 5.75 Å². The summed E-state index contributed by atoms with van der Waals surface area (Å²) in [4.78, 5) is 0. The smallest absolute Gasteiger partial charge is 0.165 e. The fourth-order valence-corrected chi connectivity index (χ4v) is 1.17. The quantitative estimate of drug-likeness (QED) is 0.653. The number of phenols is 1. The molecule has 1 nitrogen and oxygen atoms in total. The zero-order valence-electron chi connectivity index (χ0n) is 8.48. The van der Waals surface area contributed by atoms with Crippen LogP contribution in [0.4, 0.5) is 4.39 Å². The molecular weight excluding hydrogens is 167 g/mol. The lowest BCUT2D eigenvalue weighted by atomic mass is 9.86. The van der Waals surface area contributed by atoms with Crippen LogP contribution in [0.3, 0.4) is 0 Å². The Kier molecular flexibility index (Phi) is 2.33. The van der Waals surface area contributed by atoms with Crippen LogP contribution in [0.25, 0.3) is 0 Å². The number of aryl methyl sites for hydroxylation is 1. The molecule has 0 aliphatic rings. The van der Waals surface area contributed by atoms with Gasteiger partial charge >= 0.3 is 0 Å². The van der Waals surface area contributed by atoms with Crippen LogP contribution in [0, 0.1) is 12.7 Å². The highest BCUT2D eigenvalue weighted by Gasteiger charge is 2.16. The molecule has 1 aromatic carbocycles. The number of benzene rings is 1. The molecule has 0 aromatic heterocycles. The van der Waals surface area contributed by atoms with Gasteiger partial charge < -0.3 is 5.11 Å². The highest BCUT2D eigenvalue weighted by atomic mass is 19.1. The van der Waals surface area contributed by atoms with Crippen molar-refractivity contribution in [3.63, 3.8) is 0 Å². The SMILES string of the molecule is Cc1cc(C(C)(C)C)cc(F)c1O. The molecule has 0 amide bonds. The van der Waals surface area contributed by atoms with E-state index in [-0.39, 0.29) is 11.2 Å². The molecule has 0 spiro atoms. The van der Waals surface area contributed by atoms with Crippen molar-refractivity contribution in [2.75, 3.05) is 0 Å². The highest BCUT2D eigenvalue weighted by Crippen LogP contribution is 2.29. The molecule has 0 heterocycles. The van der Waals surface area contributed by atoms with E-state index >= 15 is 0 Å². The van der Waals surface area contributed by atoms with Gasteiger partial charge in [0, 0.05) is 0 Å². The predicted octanol–water partition coefficient (Wildman–Crippen LogP) is 3.14. The van der Waals surface area contributed by atoms with E-state index < -0.39 is 5.82 Å². The first kappa shape index (κ1) is 10.0. The van der Waals surface area contributed by atoms with Gasteiger partial charge in [0.25, 0.3) is 0 Å². The Morgan fingerprint density at radius 3 is 2.15 bits per heavy atom. The van der Waals surface area contributed by atoms with E-state index in [9.17, 15) is 9.50 Å². The Balaban J connectivity index is 3.29. The maximum absolute atomic E-state index is 13.1. The number of phenolic OH excluding ortho intramolecular Hbond substituents is 1. The molecule has 0 radical (unpaired) electrons. The molecule has 0 fully saturated rings. The van der Waals surface area contributed by atoms with E-state index in [1.165, 1.54) is 6.07 Å². The monoisotopic (exact) mass is 182 g/mol. The summed E-state index contributed by atoms with van der Waals surface area (Å²) in [7, 11) is 0. The van der Waals surface area contributed by atoms with Gasteiger partial charge in [-0.2, -0.15) is 0 Å². The Hall–Kier alpha value is -1.05. The second-order valence-corrected chi connectivity index (χ2v) is 4.37. The van der Waals surface area contributed by atoms with Gasteiger partial charge in [-0.15, -0.1) is 0 Å². The zero-order chi connectivity index (χ0) is 10.2. The third-order valence-corrected chi connectivity index (χ3v) is 2.12. The summed E-state index contributed by atoms with van der Waals surface area (Å²) in [6.45, 7) is 7.74. The largest absolute Gasteiger partial charge is 0.505 e. The van der Waals surface area contributed by atoms with Crippen molar-refractivity contribution in [1.82, 2.24) is 0 Å². The molecule has 72 valence electrons. The topological polar surface area (TPSA) is 20.2 Å². The lowest BCUT2D eigenvalue weighted by Gasteiger charge is -2.20. The van der Waals surface area contributed by atoms with Gasteiger partial charge in [-0.05, 0) is 29.5 Å². The summed E-state index contributed by atoms with van der Waals surface area (Å²) in [5, 5.41) is 9.22. The molecular formula is C11H15FO. The van der Waals surface area contributed by atoms with Crippen molar-refractivity contribution >= 4 is 0 Å². The third-order valence-electron chi connectivity index (χ3n) is 2.12. The van der Waals surface area contributed by atoms with Crippen molar-refractivity contribution < 1.29 is 9.50 Å². The molecule has 2 heteroatoms. The van der Waals surface area contributed by atoms with Crippen molar-refractivity contribution in [3.05, 3.63) is 29.1 Å². The first-order chi connectivity index (χ1) is 5.82. The van der Waals surface area contributed by atoms with E-state index in [2.05, 4.69) is 0 Å². The van der Waals surface area contributed by atoms with E-state index in [0.717, 1.165) is 5.56 Å². The average molecular weight is 182 g/mol. The Morgan fingerprint density at radius 1 is 1.23 bits per heavy atom. The average Bonchev–Trinajstić information content (AvgIpc) is 1.97. The summed E-state index contributed by atoms with van der Waals surface area (Å²) in [6.07, 6.45) is 0. The van der Waals surface area contributed by atoms with E-state index in [1.54, 1.807) is 6.92 Å². The van der Waals surface area contributed by atoms with Gasteiger partial charge in [-0.3, -0.25) is 0 Å². The molecule has 1 aromatic rings. The lowest BCUT2D eigenvalue weighted by molar-refractivity contribution is 0.426. The second-order valence-electron chi connectivity index (χ2n) is 4.37. The third kappa shape index (κ3) is 2.00. The van der Waals surface area contributed by atoms with Crippen LogP contribution < -0.4 is 0 Å². The Labute approximate surface area is 78.2 Å². The van der Waals surface area contributed by atoms with Gasteiger partial charge in [0.15, 0.2) is 11.6 Å². The van der Waals surface area contributed by atoms with E-state index in [4.69, 9.17) is 0 Å². The maximum Gasteiger partial charge on any atom is 0.165 e. The van der Waals surface area contributed by atoms with Crippen LogP contribution >= 0.6 is 0 Å². The normalized spacial score (nSPS) is 11.8. The van der Waals surface area contributed by atoms with Gasteiger partial charge in [0.05, 0.1) is 0 Å². The Morgan fingerprint density at radius 2 is 1.77 bits per heavy atom. The molecule has 0 saturated heterocycles. The van der Waals surface area contributed by atoms with Crippen LogP contribution in [0.5, 0.6) is 5.75 Å². The standard InChI is InChI=1S/C11H15FO/c1-7-5-8(11(2,3)4)6-9(12)10(7)13/h5-6,13H,1-4H3. The zero-order valence-corrected chi connectivity index (χ0v) is 8.48.